The van der Waals surface area contributed by atoms with Crippen LogP contribution in [-0.4, -0.2) is 48.2 Å². The van der Waals surface area contributed by atoms with E-state index in [4.69, 9.17) is 4.74 Å². The lowest BCUT2D eigenvalue weighted by atomic mass is 10.1. The molecule has 0 spiro atoms. The molecule has 2 N–H and O–H groups in total. The van der Waals surface area contributed by atoms with Crippen LogP contribution in [0.2, 0.25) is 0 Å². The molecule has 0 saturated heterocycles. The SMILES string of the molecule is CC(C)c1nn(C)c(N(C)C)c1CNCC(O)COc1ccccc1. The third-order valence-electron chi connectivity index (χ3n) is 3.98. The fraction of sp³-hybridized carbons (Fsp3) is 0.526. The number of nitrogens with one attached hydrogen (secondary N) is 1. The Hall–Kier alpha value is -2.05. The van der Waals surface area contributed by atoms with Crippen molar-refractivity contribution < 1.29 is 9.84 Å². The van der Waals surface area contributed by atoms with Crippen molar-refractivity contribution in [3.05, 3.63) is 41.6 Å². The summed E-state index contributed by atoms with van der Waals surface area (Å²) in [7, 11) is 6.01. The van der Waals surface area contributed by atoms with Crippen molar-refractivity contribution in [3.8, 4) is 5.75 Å². The molecular weight excluding hydrogens is 316 g/mol. The maximum atomic E-state index is 10.1. The van der Waals surface area contributed by atoms with Gasteiger partial charge in [0.15, 0.2) is 0 Å². The molecule has 1 heterocycles. The number of hydrogen-bond donors (Lipinski definition) is 2. The molecule has 0 aliphatic carbocycles. The highest BCUT2D eigenvalue weighted by Crippen LogP contribution is 2.26. The summed E-state index contributed by atoms with van der Waals surface area (Å²) in [5.41, 5.74) is 2.27. The van der Waals surface area contributed by atoms with Gasteiger partial charge < -0.3 is 20.1 Å². The van der Waals surface area contributed by atoms with E-state index in [1.807, 2.05) is 56.2 Å². The Balaban J connectivity index is 1.90. The number of hydrogen-bond acceptors (Lipinski definition) is 5. The van der Waals surface area contributed by atoms with Crippen LogP contribution in [-0.2, 0) is 13.6 Å². The zero-order valence-corrected chi connectivity index (χ0v) is 15.9. The molecule has 1 aromatic heterocycles. The van der Waals surface area contributed by atoms with Crippen molar-refractivity contribution >= 4 is 5.82 Å². The summed E-state index contributed by atoms with van der Waals surface area (Å²) in [4.78, 5) is 2.07. The van der Waals surface area contributed by atoms with Gasteiger partial charge in [0.1, 0.15) is 24.3 Å². The van der Waals surface area contributed by atoms with Gasteiger partial charge in [0.2, 0.25) is 0 Å². The van der Waals surface area contributed by atoms with E-state index < -0.39 is 6.10 Å². The molecule has 6 nitrogen and oxygen atoms in total. The molecule has 0 aliphatic rings. The summed E-state index contributed by atoms with van der Waals surface area (Å²) < 4.78 is 7.50. The van der Waals surface area contributed by atoms with E-state index in [2.05, 4.69) is 29.2 Å². The second kappa shape index (κ2) is 8.87. The molecule has 0 aliphatic heterocycles. The number of rotatable bonds is 9. The zero-order chi connectivity index (χ0) is 18.4. The van der Waals surface area contributed by atoms with E-state index in [0.29, 0.717) is 19.0 Å². The summed E-state index contributed by atoms with van der Waals surface area (Å²) in [5, 5.41) is 18.1. The Morgan fingerprint density at radius 3 is 2.52 bits per heavy atom. The Morgan fingerprint density at radius 2 is 1.92 bits per heavy atom. The Kier molecular flexibility index (Phi) is 6.84. The smallest absolute Gasteiger partial charge is 0.130 e. The van der Waals surface area contributed by atoms with Crippen LogP contribution in [0.3, 0.4) is 0 Å². The van der Waals surface area contributed by atoms with E-state index in [1.165, 1.54) is 5.56 Å². The number of benzene rings is 1. The second-order valence-electron chi connectivity index (χ2n) is 6.77. The highest BCUT2D eigenvalue weighted by Gasteiger charge is 2.19. The summed E-state index contributed by atoms with van der Waals surface area (Å²) >= 11 is 0. The monoisotopic (exact) mass is 346 g/mol. The second-order valence-corrected chi connectivity index (χ2v) is 6.77. The van der Waals surface area contributed by atoms with Crippen molar-refractivity contribution in [2.75, 3.05) is 32.1 Å². The molecule has 2 aromatic rings. The van der Waals surface area contributed by atoms with Gasteiger partial charge in [-0.15, -0.1) is 0 Å². The standard InChI is InChI=1S/C19H30N4O2/c1-14(2)18-17(19(22(3)4)23(5)21-18)12-20-11-15(24)13-25-16-9-7-6-8-10-16/h6-10,14-15,20,24H,11-13H2,1-5H3. The topological polar surface area (TPSA) is 62.6 Å². The molecule has 0 radical (unpaired) electrons. The van der Waals surface area contributed by atoms with Gasteiger partial charge in [-0.05, 0) is 18.1 Å². The summed E-state index contributed by atoms with van der Waals surface area (Å²) in [6, 6.07) is 9.53. The number of aliphatic hydroxyl groups excluding tert-OH is 1. The lowest BCUT2D eigenvalue weighted by Crippen LogP contribution is -2.31. The van der Waals surface area contributed by atoms with E-state index >= 15 is 0 Å². The maximum absolute atomic E-state index is 10.1. The first-order valence-electron chi connectivity index (χ1n) is 8.69. The number of nitrogens with zero attached hydrogens (tertiary/aromatic N) is 3. The first kappa shape index (κ1) is 19.3. The highest BCUT2D eigenvalue weighted by atomic mass is 16.5. The van der Waals surface area contributed by atoms with Crippen LogP contribution in [0, 0.1) is 0 Å². The van der Waals surface area contributed by atoms with Crippen molar-refractivity contribution in [1.29, 1.82) is 0 Å². The molecule has 2 rings (SSSR count). The first-order valence-corrected chi connectivity index (χ1v) is 8.69. The fourth-order valence-electron chi connectivity index (χ4n) is 2.90. The van der Waals surface area contributed by atoms with Crippen molar-refractivity contribution in [2.24, 2.45) is 7.05 Å². The van der Waals surface area contributed by atoms with Gasteiger partial charge in [0.05, 0.1) is 5.69 Å². The number of ether oxygens (including phenoxy) is 1. The number of aliphatic hydroxyl groups is 1. The van der Waals surface area contributed by atoms with Crippen LogP contribution in [0.5, 0.6) is 5.75 Å². The van der Waals surface area contributed by atoms with Gasteiger partial charge in [-0.1, -0.05) is 32.0 Å². The Bertz CT molecular complexity index is 653. The normalized spacial score (nSPS) is 12.4. The van der Waals surface area contributed by atoms with Crippen LogP contribution < -0.4 is 15.0 Å². The molecule has 0 fully saturated rings. The van der Waals surface area contributed by atoms with Gasteiger partial charge in [-0.25, -0.2) is 0 Å². The van der Waals surface area contributed by atoms with Gasteiger partial charge in [0.25, 0.3) is 0 Å². The molecule has 25 heavy (non-hydrogen) atoms. The number of aromatic nitrogens is 2. The van der Waals surface area contributed by atoms with E-state index in [-0.39, 0.29) is 6.61 Å². The van der Waals surface area contributed by atoms with Crippen LogP contribution in [0.25, 0.3) is 0 Å². The third kappa shape index (κ3) is 5.21. The van der Waals surface area contributed by atoms with E-state index in [0.717, 1.165) is 17.3 Å². The molecule has 138 valence electrons. The van der Waals surface area contributed by atoms with Crippen LogP contribution in [0.1, 0.15) is 31.0 Å². The predicted molar refractivity (Wildman–Crippen MR) is 101 cm³/mol. The minimum Gasteiger partial charge on any atom is -0.491 e. The fourth-order valence-corrected chi connectivity index (χ4v) is 2.90. The summed E-state index contributed by atoms with van der Waals surface area (Å²) in [6.45, 7) is 5.69. The Morgan fingerprint density at radius 1 is 1.24 bits per heavy atom. The van der Waals surface area contributed by atoms with E-state index in [9.17, 15) is 5.11 Å². The molecule has 0 bridgehead atoms. The average molecular weight is 346 g/mol. The Labute approximate surface area is 150 Å². The number of anilines is 1. The highest BCUT2D eigenvalue weighted by molar-refractivity contribution is 5.50. The third-order valence-corrected chi connectivity index (χ3v) is 3.98. The lowest BCUT2D eigenvalue weighted by Gasteiger charge is -2.17. The average Bonchev–Trinajstić information content (AvgIpc) is 2.91. The van der Waals surface area contributed by atoms with Crippen molar-refractivity contribution in [3.63, 3.8) is 0 Å². The zero-order valence-electron chi connectivity index (χ0n) is 15.9. The summed E-state index contributed by atoms with van der Waals surface area (Å²) in [5.74, 6) is 2.21. The van der Waals surface area contributed by atoms with Crippen LogP contribution in [0.15, 0.2) is 30.3 Å². The maximum Gasteiger partial charge on any atom is 0.130 e. The molecule has 1 aromatic carbocycles. The number of aryl methyl sites for hydroxylation is 1. The quantitative estimate of drug-likeness (QED) is 0.728. The van der Waals surface area contributed by atoms with E-state index in [1.54, 1.807) is 0 Å². The molecule has 1 unspecified atom stereocenters. The molecule has 1 atom stereocenters. The van der Waals surface area contributed by atoms with Gasteiger partial charge in [0, 0.05) is 39.8 Å². The van der Waals surface area contributed by atoms with Gasteiger partial charge in [-0.2, -0.15) is 5.10 Å². The molecule has 0 amide bonds. The van der Waals surface area contributed by atoms with Crippen LogP contribution >= 0.6 is 0 Å². The van der Waals surface area contributed by atoms with Crippen molar-refractivity contribution in [1.82, 2.24) is 15.1 Å². The van der Waals surface area contributed by atoms with Crippen LogP contribution in [0.4, 0.5) is 5.82 Å². The lowest BCUT2D eigenvalue weighted by molar-refractivity contribution is 0.106. The predicted octanol–water partition coefficient (Wildman–Crippen LogP) is 2.14. The van der Waals surface area contributed by atoms with Crippen molar-refractivity contribution in [2.45, 2.75) is 32.4 Å². The first-order chi connectivity index (χ1) is 11.9. The minimum absolute atomic E-state index is 0.266. The van der Waals surface area contributed by atoms with Gasteiger partial charge in [-0.3, -0.25) is 4.68 Å². The largest absolute Gasteiger partial charge is 0.491 e. The van der Waals surface area contributed by atoms with Gasteiger partial charge >= 0.3 is 0 Å². The molecular formula is C19H30N4O2. The number of para-hydroxylation sites is 1. The summed E-state index contributed by atoms with van der Waals surface area (Å²) in [6.07, 6.45) is -0.567. The molecule has 0 saturated carbocycles. The minimum atomic E-state index is -0.567. The molecule has 6 heteroatoms.